The molecular weight excluding hydrogens is 501 g/mol. The van der Waals surface area contributed by atoms with Crippen molar-refractivity contribution in [1.82, 2.24) is 26.1 Å². The van der Waals surface area contributed by atoms with Crippen molar-refractivity contribution in [3.63, 3.8) is 0 Å². The Morgan fingerprint density at radius 1 is 0.895 bits per heavy atom. The topological polar surface area (TPSA) is 107 Å². The maximum absolute atomic E-state index is 13.2. The van der Waals surface area contributed by atoms with Gasteiger partial charge in [0.05, 0.1) is 6.04 Å². The number of rotatable bonds is 5. The lowest BCUT2D eigenvalue weighted by atomic mass is 10.0. The highest BCUT2D eigenvalue weighted by Crippen LogP contribution is 2.28. The molecule has 1 saturated heterocycles. The summed E-state index contributed by atoms with van der Waals surface area (Å²) in [5.41, 5.74) is 4.73. The zero-order valence-electron chi connectivity index (χ0n) is 20.1. The van der Waals surface area contributed by atoms with E-state index in [4.69, 9.17) is 0 Å². The van der Waals surface area contributed by atoms with E-state index < -0.39 is 18.0 Å². The molecule has 2 aromatic carbocycles. The molecule has 1 unspecified atom stereocenters. The Morgan fingerprint density at radius 2 is 1.61 bits per heavy atom. The van der Waals surface area contributed by atoms with Gasteiger partial charge in [-0.1, -0.05) is 48.5 Å². The number of pyridine rings is 1. The smallest absolute Gasteiger partial charge is 0.352 e. The Hall–Kier alpha value is -4.61. The molecule has 0 spiro atoms. The van der Waals surface area contributed by atoms with E-state index in [0.29, 0.717) is 25.2 Å². The van der Waals surface area contributed by atoms with Gasteiger partial charge in [-0.2, -0.15) is 13.2 Å². The molecule has 4 rings (SSSR count). The first-order valence-electron chi connectivity index (χ1n) is 11.7. The van der Waals surface area contributed by atoms with Gasteiger partial charge in [-0.05, 0) is 35.4 Å². The van der Waals surface area contributed by atoms with Gasteiger partial charge in [0.2, 0.25) is 0 Å². The molecular formula is C26H25F3N6O3. The van der Waals surface area contributed by atoms with Crippen LogP contribution in [-0.4, -0.2) is 53.5 Å². The van der Waals surface area contributed by atoms with Gasteiger partial charge >= 0.3 is 18.1 Å². The molecule has 1 fully saturated rings. The van der Waals surface area contributed by atoms with Crippen LogP contribution in [0.5, 0.6) is 0 Å². The summed E-state index contributed by atoms with van der Waals surface area (Å²) >= 11 is 0. The van der Waals surface area contributed by atoms with Crippen molar-refractivity contribution in [1.29, 1.82) is 0 Å². The second-order valence-corrected chi connectivity index (χ2v) is 8.52. The first-order valence-corrected chi connectivity index (χ1v) is 11.7. The molecule has 1 atom stereocenters. The van der Waals surface area contributed by atoms with E-state index >= 15 is 0 Å². The highest BCUT2D eigenvalue weighted by atomic mass is 19.4. The maximum Gasteiger partial charge on any atom is 0.472 e. The number of benzene rings is 2. The summed E-state index contributed by atoms with van der Waals surface area (Å²) in [7, 11) is 0. The molecule has 0 bridgehead atoms. The first-order chi connectivity index (χ1) is 18.2. The molecule has 1 aliphatic heterocycles. The van der Waals surface area contributed by atoms with Gasteiger partial charge in [0.25, 0.3) is 5.91 Å². The summed E-state index contributed by atoms with van der Waals surface area (Å²) < 4.78 is 36.8. The normalized spacial score (nSPS) is 15.5. The fourth-order valence-corrected chi connectivity index (χ4v) is 4.05. The van der Waals surface area contributed by atoms with E-state index in [9.17, 15) is 27.6 Å². The van der Waals surface area contributed by atoms with Crippen LogP contribution in [0.2, 0.25) is 0 Å². The fraction of sp³-hybridized carbons (Fsp3) is 0.231. The van der Waals surface area contributed by atoms with Gasteiger partial charge in [-0.25, -0.2) is 9.78 Å². The zero-order chi connectivity index (χ0) is 27.1. The fourth-order valence-electron chi connectivity index (χ4n) is 4.05. The molecule has 9 nitrogen and oxygen atoms in total. The standard InChI is InChI=1S/C26H25F3N6O3/c27-26(28,29)24(37)33-32-23(36)20-11-9-18(10-12-20)16-31-25(38)35-15-14-34(22-8-4-5-13-30-22)17-21(35)19-6-2-1-3-7-19/h1-13,21H,14-17H2,(H,31,38)(H,32,36)(H,33,37). The third-order valence-corrected chi connectivity index (χ3v) is 6.01. The van der Waals surface area contributed by atoms with Crippen molar-refractivity contribution in [2.24, 2.45) is 0 Å². The number of alkyl halides is 3. The number of aromatic nitrogens is 1. The monoisotopic (exact) mass is 526 g/mol. The predicted molar refractivity (Wildman–Crippen MR) is 133 cm³/mol. The molecule has 38 heavy (non-hydrogen) atoms. The van der Waals surface area contributed by atoms with Crippen molar-refractivity contribution >= 4 is 23.7 Å². The molecule has 4 amide bonds. The minimum Gasteiger partial charge on any atom is -0.352 e. The lowest BCUT2D eigenvalue weighted by Crippen LogP contribution is -2.53. The third-order valence-electron chi connectivity index (χ3n) is 6.01. The van der Waals surface area contributed by atoms with Crippen LogP contribution >= 0.6 is 0 Å². The van der Waals surface area contributed by atoms with Crippen LogP contribution in [0.3, 0.4) is 0 Å². The lowest BCUT2D eigenvalue weighted by molar-refractivity contribution is -0.174. The Kier molecular flexibility index (Phi) is 8.09. The van der Waals surface area contributed by atoms with Crippen LogP contribution < -0.4 is 21.1 Å². The minimum atomic E-state index is -5.11. The van der Waals surface area contributed by atoms with Gasteiger partial charge in [0.1, 0.15) is 5.82 Å². The largest absolute Gasteiger partial charge is 0.472 e. The predicted octanol–water partition coefficient (Wildman–Crippen LogP) is 3.18. The molecule has 2 heterocycles. The molecule has 1 aliphatic rings. The molecule has 3 N–H and O–H groups in total. The number of hydrazine groups is 1. The van der Waals surface area contributed by atoms with E-state index in [0.717, 1.165) is 11.4 Å². The summed E-state index contributed by atoms with van der Waals surface area (Å²) in [5.74, 6) is -2.34. The van der Waals surface area contributed by atoms with E-state index in [1.807, 2.05) is 48.5 Å². The highest BCUT2D eigenvalue weighted by Gasteiger charge is 2.39. The van der Waals surface area contributed by atoms with Gasteiger partial charge < -0.3 is 15.1 Å². The second-order valence-electron chi connectivity index (χ2n) is 8.52. The Bertz CT molecular complexity index is 1260. The summed E-state index contributed by atoms with van der Waals surface area (Å²) in [5, 5.41) is 2.90. The molecule has 0 saturated carbocycles. The minimum absolute atomic E-state index is 0.0392. The number of nitrogens with one attached hydrogen (secondary N) is 3. The molecule has 0 aliphatic carbocycles. The van der Waals surface area contributed by atoms with E-state index in [-0.39, 0.29) is 24.2 Å². The summed E-state index contributed by atoms with van der Waals surface area (Å²) in [6, 6.07) is 20.9. The number of carbonyl (C=O) groups is 3. The molecule has 3 aromatic rings. The summed E-state index contributed by atoms with van der Waals surface area (Å²) in [4.78, 5) is 44.4. The van der Waals surface area contributed by atoms with Crippen LogP contribution in [0.1, 0.15) is 27.5 Å². The van der Waals surface area contributed by atoms with Gasteiger partial charge in [-0.3, -0.25) is 20.4 Å². The third kappa shape index (κ3) is 6.58. The van der Waals surface area contributed by atoms with Crippen LogP contribution in [0.25, 0.3) is 0 Å². The number of hydrogen-bond acceptors (Lipinski definition) is 5. The van der Waals surface area contributed by atoms with Crippen LogP contribution in [0.4, 0.5) is 23.8 Å². The maximum atomic E-state index is 13.2. The SMILES string of the molecule is O=C(NNC(=O)C(F)(F)F)c1ccc(CNC(=O)N2CCN(c3ccccn3)CC2c2ccccc2)cc1. The Balaban J connectivity index is 1.36. The number of carbonyl (C=O) groups excluding carboxylic acids is 3. The molecule has 198 valence electrons. The summed E-state index contributed by atoms with van der Waals surface area (Å²) in [6.07, 6.45) is -3.38. The van der Waals surface area contributed by atoms with Crippen molar-refractivity contribution in [2.45, 2.75) is 18.8 Å². The number of nitrogens with zero attached hydrogens (tertiary/aromatic N) is 3. The summed E-state index contributed by atoms with van der Waals surface area (Å²) in [6.45, 7) is 1.84. The quantitative estimate of drug-likeness (QED) is 0.443. The number of piperazine rings is 1. The van der Waals surface area contributed by atoms with E-state index in [1.54, 1.807) is 28.7 Å². The number of hydrogen-bond donors (Lipinski definition) is 3. The van der Waals surface area contributed by atoms with Crippen molar-refractivity contribution in [2.75, 3.05) is 24.5 Å². The average Bonchev–Trinajstić information content (AvgIpc) is 2.94. The second kappa shape index (κ2) is 11.6. The molecule has 12 heteroatoms. The van der Waals surface area contributed by atoms with E-state index in [1.165, 1.54) is 17.6 Å². The number of halogens is 3. The highest BCUT2D eigenvalue weighted by molar-refractivity contribution is 5.95. The Morgan fingerprint density at radius 3 is 2.26 bits per heavy atom. The van der Waals surface area contributed by atoms with Crippen LogP contribution in [-0.2, 0) is 11.3 Å². The molecule has 1 aromatic heterocycles. The van der Waals surface area contributed by atoms with Crippen molar-refractivity contribution < 1.29 is 27.6 Å². The van der Waals surface area contributed by atoms with Crippen LogP contribution in [0, 0.1) is 0 Å². The van der Waals surface area contributed by atoms with Crippen LogP contribution in [0.15, 0.2) is 79.0 Å². The van der Waals surface area contributed by atoms with E-state index in [2.05, 4.69) is 15.2 Å². The Labute approximate surface area is 216 Å². The lowest BCUT2D eigenvalue weighted by Gasteiger charge is -2.42. The van der Waals surface area contributed by atoms with Gasteiger partial charge in [0.15, 0.2) is 0 Å². The van der Waals surface area contributed by atoms with Crippen molar-refractivity contribution in [3.05, 3.63) is 95.7 Å². The number of urea groups is 1. The zero-order valence-corrected chi connectivity index (χ0v) is 20.1. The number of anilines is 1. The van der Waals surface area contributed by atoms with Gasteiger partial charge in [0, 0.05) is 37.9 Å². The first kappa shape index (κ1) is 26.5. The number of amides is 4. The average molecular weight is 527 g/mol. The molecule has 0 radical (unpaired) electrons. The van der Waals surface area contributed by atoms with Gasteiger partial charge in [-0.15, -0.1) is 0 Å². The van der Waals surface area contributed by atoms with Crippen molar-refractivity contribution in [3.8, 4) is 0 Å².